The number of hydrogen-bond acceptors (Lipinski definition) is 3. The van der Waals surface area contributed by atoms with Gasteiger partial charge in [0.05, 0.1) is 17.5 Å². The van der Waals surface area contributed by atoms with Crippen LogP contribution in [0.25, 0.3) is 11.2 Å². The zero-order valence-electron chi connectivity index (χ0n) is 13.3. The van der Waals surface area contributed by atoms with Gasteiger partial charge in [-0.05, 0) is 30.2 Å². The molecule has 0 aliphatic carbocycles. The topological polar surface area (TPSA) is 59.8 Å². The maximum absolute atomic E-state index is 12.5. The number of imidazole rings is 1. The second-order valence-corrected chi connectivity index (χ2v) is 5.62. The molecule has 1 aromatic carbocycles. The smallest absolute Gasteiger partial charge is 0.352 e. The summed E-state index contributed by atoms with van der Waals surface area (Å²) in [7, 11) is 1.81. The van der Waals surface area contributed by atoms with Crippen LogP contribution < -0.4 is 5.32 Å². The molecule has 0 saturated carbocycles. The Morgan fingerprint density at radius 1 is 1.20 bits per heavy atom. The van der Waals surface area contributed by atoms with Crippen molar-refractivity contribution >= 4 is 17.1 Å². The van der Waals surface area contributed by atoms with E-state index in [1.165, 1.54) is 18.3 Å². The van der Waals surface area contributed by atoms with Crippen LogP contribution >= 0.6 is 0 Å². The molecule has 1 N–H and O–H groups in total. The molecule has 0 aliphatic heterocycles. The fraction of sp³-hybridized carbons (Fsp3) is 0.235. The number of pyridine rings is 1. The lowest BCUT2D eigenvalue weighted by Crippen LogP contribution is -2.25. The molecule has 25 heavy (non-hydrogen) atoms. The zero-order chi connectivity index (χ0) is 18.0. The van der Waals surface area contributed by atoms with Crippen molar-refractivity contribution in [1.82, 2.24) is 19.9 Å². The van der Waals surface area contributed by atoms with E-state index in [-0.39, 0.29) is 5.91 Å². The third-order valence-corrected chi connectivity index (χ3v) is 3.79. The predicted octanol–water partition coefficient (Wildman–Crippen LogP) is 2.96. The Bertz CT molecular complexity index is 900. The number of rotatable bonds is 4. The predicted molar refractivity (Wildman–Crippen MR) is 86.0 cm³/mol. The third kappa shape index (κ3) is 3.78. The van der Waals surface area contributed by atoms with Gasteiger partial charge in [-0.2, -0.15) is 13.2 Å². The number of alkyl halides is 3. The number of carbonyl (C=O) groups is 1. The molecule has 0 atom stereocenters. The first-order valence-electron chi connectivity index (χ1n) is 7.56. The number of benzene rings is 1. The van der Waals surface area contributed by atoms with E-state index in [0.717, 1.165) is 12.1 Å². The van der Waals surface area contributed by atoms with E-state index in [9.17, 15) is 18.0 Å². The molecule has 0 bridgehead atoms. The third-order valence-electron chi connectivity index (χ3n) is 3.79. The molecule has 0 aliphatic rings. The molecule has 5 nitrogen and oxygen atoms in total. The summed E-state index contributed by atoms with van der Waals surface area (Å²) < 4.78 is 39.3. The number of aryl methyl sites for hydroxylation is 1. The van der Waals surface area contributed by atoms with Crippen LogP contribution in [0.2, 0.25) is 0 Å². The molecule has 0 radical (unpaired) electrons. The van der Waals surface area contributed by atoms with Crippen LogP contribution in [0.4, 0.5) is 13.2 Å². The number of hydrogen-bond donors (Lipinski definition) is 1. The molecule has 3 aromatic rings. The monoisotopic (exact) mass is 348 g/mol. The summed E-state index contributed by atoms with van der Waals surface area (Å²) in [5.74, 6) is -0.299. The van der Waals surface area contributed by atoms with E-state index in [1.807, 2.05) is 7.05 Å². The average molecular weight is 348 g/mol. The number of nitrogens with one attached hydrogen (secondary N) is 1. The molecular weight excluding hydrogens is 333 g/mol. The number of aromatic nitrogens is 3. The van der Waals surface area contributed by atoms with Crippen LogP contribution in [-0.4, -0.2) is 27.0 Å². The molecule has 0 unspecified atom stereocenters. The molecule has 0 saturated heterocycles. The standard InChI is InChI=1S/C17H15F3N4O/c1-24-10-23-14-8-12(9-22-15(14)24)16(25)21-7-6-11-2-4-13(5-3-11)17(18,19)20/h2-5,8-10H,6-7H2,1H3,(H,21,25). The number of amides is 1. The minimum absolute atomic E-state index is 0.299. The summed E-state index contributed by atoms with van der Waals surface area (Å²) in [6.07, 6.45) is -0.825. The maximum atomic E-state index is 12.5. The van der Waals surface area contributed by atoms with E-state index < -0.39 is 11.7 Å². The van der Waals surface area contributed by atoms with Crippen molar-refractivity contribution in [1.29, 1.82) is 0 Å². The Morgan fingerprint density at radius 2 is 1.92 bits per heavy atom. The van der Waals surface area contributed by atoms with Crippen molar-refractivity contribution in [2.75, 3.05) is 6.54 Å². The summed E-state index contributed by atoms with van der Waals surface area (Å²) >= 11 is 0. The summed E-state index contributed by atoms with van der Waals surface area (Å²) in [6, 6.07) is 6.55. The minimum atomic E-state index is -4.34. The zero-order valence-corrected chi connectivity index (χ0v) is 13.3. The molecule has 2 heterocycles. The van der Waals surface area contributed by atoms with Gasteiger partial charge in [0, 0.05) is 19.8 Å². The van der Waals surface area contributed by atoms with Gasteiger partial charge in [0.25, 0.3) is 5.91 Å². The van der Waals surface area contributed by atoms with Crippen LogP contribution in [0.3, 0.4) is 0 Å². The van der Waals surface area contributed by atoms with E-state index in [0.29, 0.717) is 35.3 Å². The van der Waals surface area contributed by atoms with Crippen molar-refractivity contribution in [2.24, 2.45) is 7.05 Å². The van der Waals surface area contributed by atoms with Crippen molar-refractivity contribution < 1.29 is 18.0 Å². The first-order valence-corrected chi connectivity index (χ1v) is 7.56. The normalized spacial score (nSPS) is 11.7. The van der Waals surface area contributed by atoms with Gasteiger partial charge in [-0.25, -0.2) is 9.97 Å². The molecule has 0 fully saturated rings. The highest BCUT2D eigenvalue weighted by atomic mass is 19.4. The van der Waals surface area contributed by atoms with E-state index in [4.69, 9.17) is 0 Å². The largest absolute Gasteiger partial charge is 0.416 e. The molecule has 8 heteroatoms. The highest BCUT2D eigenvalue weighted by Crippen LogP contribution is 2.29. The Labute approximate surface area is 141 Å². The highest BCUT2D eigenvalue weighted by Gasteiger charge is 2.29. The maximum Gasteiger partial charge on any atom is 0.416 e. The first-order chi connectivity index (χ1) is 11.8. The molecule has 3 rings (SSSR count). The molecule has 2 aromatic heterocycles. The van der Waals surface area contributed by atoms with E-state index in [2.05, 4.69) is 15.3 Å². The number of carbonyl (C=O) groups excluding carboxylic acids is 1. The number of halogens is 3. The Hall–Kier alpha value is -2.90. The van der Waals surface area contributed by atoms with Crippen molar-refractivity contribution in [3.8, 4) is 0 Å². The average Bonchev–Trinajstić information content (AvgIpc) is 2.95. The summed E-state index contributed by atoms with van der Waals surface area (Å²) in [6.45, 7) is 0.310. The number of fused-ring (bicyclic) bond motifs is 1. The van der Waals surface area contributed by atoms with Crippen LogP contribution in [0.15, 0.2) is 42.9 Å². The summed E-state index contributed by atoms with van der Waals surface area (Å²) in [5, 5.41) is 2.73. The SMILES string of the molecule is Cn1cnc2cc(C(=O)NCCc3ccc(C(F)(F)F)cc3)cnc21. The van der Waals surface area contributed by atoms with Gasteiger partial charge in [-0.3, -0.25) is 4.79 Å². The summed E-state index contributed by atoms with van der Waals surface area (Å²) in [4.78, 5) is 20.5. The van der Waals surface area contributed by atoms with Gasteiger partial charge in [0.1, 0.15) is 5.52 Å². The van der Waals surface area contributed by atoms with Crippen molar-refractivity contribution in [3.63, 3.8) is 0 Å². The Kier molecular flexibility index (Phi) is 4.43. The lowest BCUT2D eigenvalue weighted by atomic mass is 10.1. The Balaban J connectivity index is 1.58. The van der Waals surface area contributed by atoms with E-state index >= 15 is 0 Å². The van der Waals surface area contributed by atoms with Gasteiger partial charge in [-0.1, -0.05) is 12.1 Å². The fourth-order valence-electron chi connectivity index (χ4n) is 2.42. The van der Waals surface area contributed by atoms with Gasteiger partial charge in [-0.15, -0.1) is 0 Å². The van der Waals surface area contributed by atoms with Crippen molar-refractivity contribution in [2.45, 2.75) is 12.6 Å². The van der Waals surface area contributed by atoms with Gasteiger partial charge in [0.15, 0.2) is 5.65 Å². The van der Waals surface area contributed by atoms with Gasteiger partial charge < -0.3 is 9.88 Å². The Morgan fingerprint density at radius 3 is 2.60 bits per heavy atom. The van der Waals surface area contributed by atoms with Crippen LogP contribution in [0.5, 0.6) is 0 Å². The van der Waals surface area contributed by atoms with E-state index in [1.54, 1.807) is 17.0 Å². The lowest BCUT2D eigenvalue weighted by molar-refractivity contribution is -0.137. The van der Waals surface area contributed by atoms with Gasteiger partial charge >= 0.3 is 6.18 Å². The first kappa shape index (κ1) is 16.9. The molecule has 130 valence electrons. The van der Waals surface area contributed by atoms with Crippen molar-refractivity contribution in [3.05, 3.63) is 59.5 Å². The lowest BCUT2D eigenvalue weighted by Gasteiger charge is -2.08. The van der Waals surface area contributed by atoms with Crippen LogP contribution in [0.1, 0.15) is 21.5 Å². The molecular formula is C17H15F3N4O. The van der Waals surface area contributed by atoms with Gasteiger partial charge in [0.2, 0.25) is 0 Å². The quantitative estimate of drug-likeness (QED) is 0.789. The highest BCUT2D eigenvalue weighted by molar-refractivity contribution is 5.96. The minimum Gasteiger partial charge on any atom is -0.352 e. The number of nitrogens with zero attached hydrogens (tertiary/aromatic N) is 3. The van der Waals surface area contributed by atoms with Crippen LogP contribution in [-0.2, 0) is 19.6 Å². The summed E-state index contributed by atoms with van der Waals surface area (Å²) in [5.41, 5.74) is 1.72. The molecule has 0 spiro atoms. The van der Waals surface area contributed by atoms with Crippen LogP contribution in [0, 0.1) is 0 Å². The molecule has 1 amide bonds. The second kappa shape index (κ2) is 6.54. The fourth-order valence-corrected chi connectivity index (χ4v) is 2.42. The second-order valence-electron chi connectivity index (χ2n) is 5.62.